The summed E-state index contributed by atoms with van der Waals surface area (Å²) in [5.41, 5.74) is -0.0996. The van der Waals surface area contributed by atoms with Crippen LogP contribution in [0, 0.1) is 5.92 Å². The molecule has 0 aliphatic carbocycles. The third-order valence-electron chi connectivity index (χ3n) is 4.42. The minimum Gasteiger partial charge on any atom is -0.394 e. The summed E-state index contributed by atoms with van der Waals surface area (Å²) in [7, 11) is 0. The van der Waals surface area contributed by atoms with E-state index in [4.69, 9.17) is 0 Å². The number of piperidine rings is 1. The summed E-state index contributed by atoms with van der Waals surface area (Å²) in [5.74, 6) is 0.948. The van der Waals surface area contributed by atoms with Crippen molar-refractivity contribution >= 4 is 0 Å². The number of hydrogen-bond donors (Lipinski definition) is 2. The molecule has 0 aromatic rings. The summed E-state index contributed by atoms with van der Waals surface area (Å²) < 4.78 is 0. The molecule has 1 unspecified atom stereocenters. The molecule has 3 nitrogen and oxygen atoms in total. The molecule has 1 heterocycles. The van der Waals surface area contributed by atoms with Gasteiger partial charge < -0.3 is 15.3 Å². The van der Waals surface area contributed by atoms with Crippen molar-refractivity contribution in [2.45, 2.75) is 58.4 Å². The number of hydrogen-bond acceptors (Lipinski definition) is 3. The highest BCUT2D eigenvalue weighted by Gasteiger charge is 2.24. The molecule has 1 saturated heterocycles. The van der Waals surface area contributed by atoms with Gasteiger partial charge in [-0.25, -0.2) is 0 Å². The van der Waals surface area contributed by atoms with Gasteiger partial charge in [0.2, 0.25) is 0 Å². The van der Waals surface area contributed by atoms with Crippen LogP contribution in [-0.2, 0) is 0 Å². The first-order valence-corrected chi connectivity index (χ1v) is 7.71. The van der Waals surface area contributed by atoms with Crippen LogP contribution >= 0.6 is 0 Å². The molecule has 1 fully saturated rings. The lowest BCUT2D eigenvalue weighted by atomic mass is 9.93. The van der Waals surface area contributed by atoms with E-state index >= 15 is 0 Å². The van der Waals surface area contributed by atoms with Crippen molar-refractivity contribution in [2.24, 2.45) is 5.92 Å². The quantitative estimate of drug-likeness (QED) is 0.699. The van der Waals surface area contributed by atoms with E-state index in [-0.39, 0.29) is 12.1 Å². The Labute approximate surface area is 113 Å². The molecule has 0 spiro atoms. The Morgan fingerprint density at radius 1 is 1.28 bits per heavy atom. The highest BCUT2D eigenvalue weighted by atomic mass is 16.3. The molecule has 1 rings (SSSR count). The molecule has 0 aromatic heterocycles. The summed E-state index contributed by atoms with van der Waals surface area (Å²) in [4.78, 5) is 2.56. The smallest absolute Gasteiger partial charge is 0.0611 e. The van der Waals surface area contributed by atoms with Crippen molar-refractivity contribution in [1.29, 1.82) is 0 Å². The highest BCUT2D eigenvalue weighted by molar-refractivity contribution is 4.84. The lowest BCUT2D eigenvalue weighted by Crippen LogP contribution is -2.49. The maximum Gasteiger partial charge on any atom is 0.0611 e. The predicted octanol–water partition coefficient (Wildman–Crippen LogP) is 2.25. The van der Waals surface area contributed by atoms with Crippen molar-refractivity contribution in [3.63, 3.8) is 0 Å². The van der Waals surface area contributed by atoms with Gasteiger partial charge in [0.15, 0.2) is 0 Å². The molecule has 0 saturated carbocycles. The average molecular weight is 256 g/mol. The third-order valence-corrected chi connectivity index (χ3v) is 4.42. The van der Waals surface area contributed by atoms with Gasteiger partial charge in [-0.15, -0.1) is 0 Å². The van der Waals surface area contributed by atoms with Crippen LogP contribution in [0.2, 0.25) is 0 Å². The number of nitrogens with one attached hydrogen (secondary N) is 1. The fourth-order valence-corrected chi connectivity index (χ4v) is 2.67. The summed E-state index contributed by atoms with van der Waals surface area (Å²) in [6.07, 6.45) is 6.21. The molecule has 1 atom stereocenters. The SMILES string of the molecule is CCCNC(C)(CO)CCN1CCC(CC)CC1. The Hall–Kier alpha value is -0.120. The Morgan fingerprint density at radius 2 is 1.94 bits per heavy atom. The summed E-state index contributed by atoms with van der Waals surface area (Å²) in [6, 6.07) is 0. The third kappa shape index (κ3) is 5.25. The van der Waals surface area contributed by atoms with Gasteiger partial charge in [0.05, 0.1) is 6.61 Å². The number of rotatable bonds is 8. The van der Waals surface area contributed by atoms with Crippen molar-refractivity contribution in [3.8, 4) is 0 Å². The van der Waals surface area contributed by atoms with E-state index in [2.05, 4.69) is 31.0 Å². The zero-order valence-electron chi connectivity index (χ0n) is 12.5. The molecular formula is C15H32N2O. The van der Waals surface area contributed by atoms with Crippen LogP contribution in [0.25, 0.3) is 0 Å². The second-order valence-corrected chi connectivity index (χ2v) is 6.09. The zero-order valence-corrected chi connectivity index (χ0v) is 12.5. The fourth-order valence-electron chi connectivity index (χ4n) is 2.67. The van der Waals surface area contributed by atoms with E-state index < -0.39 is 0 Å². The van der Waals surface area contributed by atoms with Crippen LogP contribution in [0.4, 0.5) is 0 Å². The van der Waals surface area contributed by atoms with Crippen LogP contribution in [0.3, 0.4) is 0 Å². The van der Waals surface area contributed by atoms with E-state index in [9.17, 15) is 5.11 Å². The molecule has 108 valence electrons. The fraction of sp³-hybridized carbons (Fsp3) is 1.00. The molecule has 3 heteroatoms. The van der Waals surface area contributed by atoms with Gasteiger partial charge in [-0.05, 0) is 64.7 Å². The molecule has 1 aliphatic heterocycles. The van der Waals surface area contributed by atoms with Gasteiger partial charge in [0, 0.05) is 5.54 Å². The van der Waals surface area contributed by atoms with Crippen molar-refractivity contribution in [2.75, 3.05) is 32.8 Å². The highest BCUT2D eigenvalue weighted by Crippen LogP contribution is 2.21. The van der Waals surface area contributed by atoms with Crippen LogP contribution in [0.5, 0.6) is 0 Å². The lowest BCUT2D eigenvalue weighted by molar-refractivity contribution is 0.127. The molecule has 1 aliphatic rings. The zero-order chi connectivity index (χ0) is 13.4. The predicted molar refractivity (Wildman–Crippen MR) is 77.9 cm³/mol. The Morgan fingerprint density at radius 3 is 2.44 bits per heavy atom. The molecule has 0 radical (unpaired) electrons. The Balaban J connectivity index is 2.26. The Kier molecular flexibility index (Phi) is 7.20. The van der Waals surface area contributed by atoms with Gasteiger partial charge in [-0.2, -0.15) is 0 Å². The van der Waals surface area contributed by atoms with Crippen molar-refractivity contribution in [3.05, 3.63) is 0 Å². The molecule has 2 N–H and O–H groups in total. The molecule has 0 amide bonds. The van der Waals surface area contributed by atoms with Crippen molar-refractivity contribution < 1.29 is 5.11 Å². The second-order valence-electron chi connectivity index (χ2n) is 6.09. The average Bonchev–Trinajstić information content (AvgIpc) is 2.43. The maximum absolute atomic E-state index is 9.54. The standard InChI is InChI=1S/C15H32N2O/c1-4-9-16-15(3,13-18)8-12-17-10-6-14(5-2)7-11-17/h14,16,18H,4-13H2,1-3H3. The minimum atomic E-state index is -0.0996. The van der Waals surface area contributed by atoms with E-state index in [0.29, 0.717) is 0 Å². The van der Waals surface area contributed by atoms with Gasteiger partial charge in [-0.1, -0.05) is 20.3 Å². The maximum atomic E-state index is 9.54. The van der Waals surface area contributed by atoms with E-state index in [1.165, 1.54) is 32.4 Å². The second kappa shape index (κ2) is 8.13. The first-order valence-electron chi connectivity index (χ1n) is 7.71. The number of aliphatic hydroxyl groups is 1. The van der Waals surface area contributed by atoms with Crippen molar-refractivity contribution in [1.82, 2.24) is 10.2 Å². The van der Waals surface area contributed by atoms with Gasteiger partial charge in [0.1, 0.15) is 0 Å². The van der Waals surface area contributed by atoms with E-state index in [0.717, 1.165) is 31.8 Å². The summed E-state index contributed by atoms with van der Waals surface area (Å²) >= 11 is 0. The lowest BCUT2D eigenvalue weighted by Gasteiger charge is -2.35. The first-order chi connectivity index (χ1) is 8.63. The Bertz CT molecular complexity index is 215. The molecule has 0 bridgehead atoms. The topological polar surface area (TPSA) is 35.5 Å². The number of aliphatic hydroxyl groups excluding tert-OH is 1. The van der Waals surface area contributed by atoms with Crippen LogP contribution in [0.1, 0.15) is 52.9 Å². The van der Waals surface area contributed by atoms with Crippen LogP contribution < -0.4 is 5.32 Å². The molecule has 18 heavy (non-hydrogen) atoms. The van der Waals surface area contributed by atoms with E-state index in [1.54, 1.807) is 0 Å². The largest absolute Gasteiger partial charge is 0.394 e. The normalized spacial score (nSPS) is 22.0. The molecular weight excluding hydrogens is 224 g/mol. The summed E-state index contributed by atoms with van der Waals surface area (Å²) in [5, 5.41) is 13.0. The van der Waals surface area contributed by atoms with Crippen LogP contribution in [0.15, 0.2) is 0 Å². The number of likely N-dealkylation sites (tertiary alicyclic amines) is 1. The minimum absolute atomic E-state index is 0.0996. The molecule has 0 aromatic carbocycles. The monoisotopic (exact) mass is 256 g/mol. The van der Waals surface area contributed by atoms with E-state index in [1.807, 2.05) is 0 Å². The first kappa shape index (κ1) is 15.9. The van der Waals surface area contributed by atoms with Gasteiger partial charge in [-0.3, -0.25) is 0 Å². The number of nitrogens with zero attached hydrogens (tertiary/aromatic N) is 1. The van der Waals surface area contributed by atoms with Crippen LogP contribution in [-0.4, -0.2) is 48.3 Å². The van der Waals surface area contributed by atoms with Gasteiger partial charge >= 0.3 is 0 Å². The summed E-state index contributed by atoms with van der Waals surface area (Å²) in [6.45, 7) is 11.4. The van der Waals surface area contributed by atoms with Gasteiger partial charge in [0.25, 0.3) is 0 Å².